The van der Waals surface area contributed by atoms with Gasteiger partial charge in [0.2, 0.25) is 0 Å². The second kappa shape index (κ2) is 8.94. The first-order valence-corrected chi connectivity index (χ1v) is 10.9. The van der Waals surface area contributed by atoms with Crippen molar-refractivity contribution in [2.45, 2.75) is 45.4 Å². The molecule has 2 atom stereocenters. The highest BCUT2D eigenvalue weighted by molar-refractivity contribution is 5.74. The van der Waals surface area contributed by atoms with E-state index in [1.54, 1.807) is 19.5 Å². The van der Waals surface area contributed by atoms with Gasteiger partial charge in [-0.05, 0) is 32.8 Å². The minimum atomic E-state index is -0.190. The maximum atomic E-state index is 10.0. The Labute approximate surface area is 183 Å². The summed E-state index contributed by atoms with van der Waals surface area (Å²) < 4.78 is 11.4. The van der Waals surface area contributed by atoms with Gasteiger partial charge in [0.1, 0.15) is 5.69 Å². The van der Waals surface area contributed by atoms with Crippen molar-refractivity contribution in [1.82, 2.24) is 15.0 Å². The van der Waals surface area contributed by atoms with E-state index in [-0.39, 0.29) is 24.2 Å². The number of nitrogens with two attached hydrogens (primary N) is 1. The van der Waals surface area contributed by atoms with Crippen LogP contribution in [0.2, 0.25) is 0 Å². The lowest BCUT2D eigenvalue weighted by Gasteiger charge is -2.41. The largest absolute Gasteiger partial charge is 0.492 e. The van der Waals surface area contributed by atoms with Gasteiger partial charge in [-0.15, -0.1) is 0 Å². The number of aliphatic hydroxyl groups excluding tert-OH is 1. The first kappa shape index (κ1) is 21.7. The minimum absolute atomic E-state index is 0.0374. The quantitative estimate of drug-likeness (QED) is 0.633. The number of nitrogens with zero attached hydrogens (tertiary/aromatic N) is 4. The van der Waals surface area contributed by atoms with Crippen LogP contribution in [-0.4, -0.2) is 65.6 Å². The monoisotopic (exact) mass is 428 g/mol. The summed E-state index contributed by atoms with van der Waals surface area (Å²) in [6.07, 6.45) is 5.43. The Bertz CT molecular complexity index is 916. The van der Waals surface area contributed by atoms with Crippen molar-refractivity contribution in [2.75, 3.05) is 43.6 Å². The van der Waals surface area contributed by atoms with Crippen molar-refractivity contribution in [3.63, 3.8) is 0 Å². The van der Waals surface area contributed by atoms with Crippen LogP contribution < -0.4 is 20.7 Å². The lowest BCUT2D eigenvalue weighted by atomic mass is 9.73. The molecule has 2 aliphatic heterocycles. The molecule has 2 fully saturated rings. The first-order chi connectivity index (χ1) is 15.0. The van der Waals surface area contributed by atoms with Gasteiger partial charge in [0.15, 0.2) is 17.4 Å². The lowest BCUT2D eigenvalue weighted by molar-refractivity contribution is 0.0973. The number of aromatic nitrogens is 3. The van der Waals surface area contributed by atoms with Gasteiger partial charge in [0.25, 0.3) is 0 Å². The number of ether oxygens (including phenoxy) is 2. The molecule has 4 heterocycles. The van der Waals surface area contributed by atoms with Crippen LogP contribution in [0.25, 0.3) is 11.3 Å². The zero-order valence-corrected chi connectivity index (χ0v) is 18.5. The van der Waals surface area contributed by atoms with Gasteiger partial charge in [-0.2, -0.15) is 0 Å². The second-order valence-corrected chi connectivity index (χ2v) is 8.35. The highest BCUT2D eigenvalue weighted by Gasteiger charge is 2.47. The molecule has 31 heavy (non-hydrogen) atoms. The van der Waals surface area contributed by atoms with Crippen LogP contribution in [-0.2, 0) is 11.3 Å². The van der Waals surface area contributed by atoms with Gasteiger partial charge in [0.05, 0.1) is 38.3 Å². The number of piperidine rings is 1. The van der Waals surface area contributed by atoms with E-state index in [9.17, 15) is 5.11 Å². The molecule has 1 spiro atoms. The molecule has 0 bridgehead atoms. The molecule has 0 aliphatic carbocycles. The Morgan fingerprint density at radius 2 is 2.13 bits per heavy atom. The summed E-state index contributed by atoms with van der Waals surface area (Å²) in [6.45, 7) is 6.93. The number of nitrogens with one attached hydrogen (secondary N) is 1. The van der Waals surface area contributed by atoms with Crippen LogP contribution in [0.5, 0.6) is 5.75 Å². The smallest absolute Gasteiger partial charge is 0.170 e. The third kappa shape index (κ3) is 3.93. The maximum Gasteiger partial charge on any atom is 0.170 e. The third-order valence-corrected chi connectivity index (χ3v) is 6.61. The summed E-state index contributed by atoms with van der Waals surface area (Å²) in [4.78, 5) is 16.0. The number of aliphatic hydroxyl groups is 1. The van der Waals surface area contributed by atoms with Crippen LogP contribution >= 0.6 is 0 Å². The van der Waals surface area contributed by atoms with Gasteiger partial charge < -0.3 is 30.5 Å². The molecule has 0 unspecified atom stereocenters. The standard InChI is InChI=1S/C22H32N6O3/c1-4-24-20-18(30-3)15(5-8-25-20)16-11-26-21(17(12-29)27-16)28-9-6-22(7-10-28)13-31-14(2)19(22)23/h5,8,11,14,19,29H,4,6-7,9-10,12-13,23H2,1-3H3,(H,24,25)/t14-,19+/m0/s1. The molecule has 0 radical (unpaired) electrons. The maximum absolute atomic E-state index is 10.0. The second-order valence-electron chi connectivity index (χ2n) is 8.35. The molecule has 4 N–H and O–H groups in total. The molecular formula is C22H32N6O3. The topological polar surface area (TPSA) is 119 Å². The minimum Gasteiger partial charge on any atom is -0.492 e. The fourth-order valence-corrected chi connectivity index (χ4v) is 4.71. The Morgan fingerprint density at radius 1 is 1.35 bits per heavy atom. The molecule has 9 nitrogen and oxygen atoms in total. The number of methoxy groups -OCH3 is 1. The predicted molar refractivity (Wildman–Crippen MR) is 119 cm³/mol. The van der Waals surface area contributed by atoms with Crippen LogP contribution in [0.3, 0.4) is 0 Å². The van der Waals surface area contributed by atoms with Crippen molar-refractivity contribution in [3.8, 4) is 17.0 Å². The average Bonchev–Trinajstić information content (AvgIpc) is 3.08. The summed E-state index contributed by atoms with van der Waals surface area (Å²) in [5.41, 5.74) is 8.45. The molecule has 2 aromatic rings. The van der Waals surface area contributed by atoms with E-state index in [1.165, 1.54) is 0 Å². The number of hydrogen-bond donors (Lipinski definition) is 3. The molecule has 0 amide bonds. The predicted octanol–water partition coefficient (Wildman–Crippen LogP) is 1.80. The van der Waals surface area contributed by atoms with Crippen molar-refractivity contribution in [2.24, 2.45) is 11.1 Å². The van der Waals surface area contributed by atoms with Gasteiger partial charge in [-0.1, -0.05) is 0 Å². The zero-order valence-electron chi connectivity index (χ0n) is 18.5. The van der Waals surface area contributed by atoms with Crippen molar-refractivity contribution < 1.29 is 14.6 Å². The fourth-order valence-electron chi connectivity index (χ4n) is 4.71. The summed E-state index contributed by atoms with van der Waals surface area (Å²) in [5, 5.41) is 13.2. The molecule has 2 aromatic heterocycles. The molecule has 168 valence electrons. The third-order valence-electron chi connectivity index (χ3n) is 6.61. The number of pyridine rings is 1. The number of rotatable bonds is 6. The van der Waals surface area contributed by atoms with E-state index < -0.39 is 0 Å². The Morgan fingerprint density at radius 3 is 2.74 bits per heavy atom. The summed E-state index contributed by atoms with van der Waals surface area (Å²) >= 11 is 0. The van der Waals surface area contributed by atoms with Crippen LogP contribution in [0.1, 0.15) is 32.4 Å². The normalized spacial score (nSPS) is 22.7. The van der Waals surface area contributed by atoms with E-state index in [2.05, 4.69) is 22.1 Å². The highest BCUT2D eigenvalue weighted by atomic mass is 16.5. The van der Waals surface area contributed by atoms with Crippen molar-refractivity contribution in [3.05, 3.63) is 24.2 Å². The Hall–Kier alpha value is -2.49. The van der Waals surface area contributed by atoms with Crippen LogP contribution in [0.4, 0.5) is 11.6 Å². The van der Waals surface area contributed by atoms with E-state index in [1.807, 2.05) is 13.0 Å². The number of hydrogen-bond acceptors (Lipinski definition) is 9. The number of anilines is 2. The summed E-state index contributed by atoms with van der Waals surface area (Å²) in [6, 6.07) is 1.91. The van der Waals surface area contributed by atoms with E-state index in [4.69, 9.17) is 25.2 Å². The van der Waals surface area contributed by atoms with Gasteiger partial charge in [-0.3, -0.25) is 0 Å². The SMILES string of the molecule is CCNc1nccc(-c2cnc(N3CCC4(CC3)CO[C@@H](C)[C@H]4N)c(CO)n2)c1OC. The molecule has 2 aliphatic rings. The molecule has 0 saturated carbocycles. The van der Waals surface area contributed by atoms with Crippen LogP contribution in [0.15, 0.2) is 18.5 Å². The molecule has 9 heteroatoms. The average molecular weight is 429 g/mol. The first-order valence-electron chi connectivity index (χ1n) is 10.9. The fraction of sp³-hybridized carbons (Fsp3) is 0.591. The molecule has 4 rings (SSSR count). The van der Waals surface area contributed by atoms with Crippen molar-refractivity contribution >= 4 is 11.6 Å². The van der Waals surface area contributed by atoms with Crippen molar-refractivity contribution in [1.29, 1.82) is 0 Å². The molecule has 2 saturated heterocycles. The van der Waals surface area contributed by atoms with E-state index in [0.29, 0.717) is 23.0 Å². The summed E-state index contributed by atoms with van der Waals surface area (Å²) in [5.74, 6) is 1.99. The molecular weight excluding hydrogens is 396 g/mol. The molecule has 0 aromatic carbocycles. The summed E-state index contributed by atoms with van der Waals surface area (Å²) in [7, 11) is 1.61. The Balaban J connectivity index is 1.58. The lowest BCUT2D eigenvalue weighted by Crippen LogP contribution is -2.51. The van der Waals surface area contributed by atoms with Gasteiger partial charge in [0, 0.05) is 42.9 Å². The highest BCUT2D eigenvalue weighted by Crippen LogP contribution is 2.42. The van der Waals surface area contributed by atoms with Gasteiger partial charge in [-0.25, -0.2) is 15.0 Å². The van der Waals surface area contributed by atoms with Crippen LogP contribution in [0, 0.1) is 5.41 Å². The van der Waals surface area contributed by atoms with E-state index in [0.717, 1.165) is 50.5 Å². The van der Waals surface area contributed by atoms with E-state index >= 15 is 0 Å². The van der Waals surface area contributed by atoms with Gasteiger partial charge >= 0.3 is 0 Å². The Kier molecular flexibility index (Phi) is 6.27. The zero-order chi connectivity index (χ0) is 22.0.